The Kier molecular flexibility index (Phi) is 3.74. The average Bonchev–Trinajstić information content (AvgIpc) is 2.45. The molecule has 0 aliphatic heterocycles. The first-order valence-electron chi connectivity index (χ1n) is 6.00. The van der Waals surface area contributed by atoms with Gasteiger partial charge in [-0.05, 0) is 24.2 Å². The zero-order valence-electron chi connectivity index (χ0n) is 10.1. The van der Waals surface area contributed by atoms with Crippen LogP contribution in [0.1, 0.15) is 59.8 Å². The Morgan fingerprint density at radius 2 is 2.14 bits per heavy atom. The van der Waals surface area contributed by atoms with E-state index in [0.29, 0.717) is 17.6 Å². The molecule has 2 atom stereocenters. The molecule has 0 N–H and O–H groups in total. The Bertz CT molecular complexity index is 205. The highest BCUT2D eigenvalue weighted by molar-refractivity contribution is 5.82. The van der Waals surface area contributed by atoms with Crippen molar-refractivity contribution in [2.75, 3.05) is 0 Å². The Morgan fingerprint density at radius 3 is 2.57 bits per heavy atom. The van der Waals surface area contributed by atoms with Gasteiger partial charge in [-0.15, -0.1) is 0 Å². The summed E-state index contributed by atoms with van der Waals surface area (Å²) in [7, 11) is 0. The Balaban J connectivity index is 2.52. The van der Waals surface area contributed by atoms with E-state index in [9.17, 15) is 4.79 Å². The van der Waals surface area contributed by atoms with E-state index in [1.807, 2.05) is 0 Å². The first-order valence-corrected chi connectivity index (χ1v) is 6.00. The Morgan fingerprint density at radius 1 is 1.50 bits per heavy atom. The predicted molar refractivity (Wildman–Crippen MR) is 60.2 cm³/mol. The highest BCUT2D eigenvalue weighted by Gasteiger charge is 2.38. The van der Waals surface area contributed by atoms with Crippen LogP contribution in [0.4, 0.5) is 0 Å². The van der Waals surface area contributed by atoms with Crippen molar-refractivity contribution in [2.45, 2.75) is 59.8 Å². The molecule has 0 heterocycles. The van der Waals surface area contributed by atoms with E-state index in [1.54, 1.807) is 0 Å². The van der Waals surface area contributed by atoms with E-state index < -0.39 is 0 Å². The quantitative estimate of drug-likeness (QED) is 0.668. The van der Waals surface area contributed by atoms with Crippen molar-refractivity contribution >= 4 is 5.78 Å². The lowest BCUT2D eigenvalue weighted by molar-refractivity contribution is -0.126. The van der Waals surface area contributed by atoms with Gasteiger partial charge in [0.05, 0.1) is 0 Å². The molecule has 0 spiro atoms. The maximum Gasteiger partial charge on any atom is 0.136 e. The molecule has 14 heavy (non-hydrogen) atoms. The lowest BCUT2D eigenvalue weighted by Gasteiger charge is -2.26. The van der Waals surface area contributed by atoms with Gasteiger partial charge < -0.3 is 0 Å². The molecule has 1 saturated carbocycles. The van der Waals surface area contributed by atoms with E-state index in [-0.39, 0.29) is 5.41 Å². The van der Waals surface area contributed by atoms with Crippen molar-refractivity contribution in [3.8, 4) is 0 Å². The lowest BCUT2D eigenvalue weighted by Crippen LogP contribution is -2.26. The third-order valence-electron chi connectivity index (χ3n) is 3.89. The molecule has 0 amide bonds. The predicted octanol–water partition coefficient (Wildman–Crippen LogP) is 3.82. The molecule has 0 radical (unpaired) electrons. The van der Waals surface area contributed by atoms with Gasteiger partial charge in [-0.2, -0.15) is 0 Å². The fraction of sp³-hybridized carbons (Fsp3) is 0.923. The smallest absolute Gasteiger partial charge is 0.136 e. The summed E-state index contributed by atoms with van der Waals surface area (Å²) >= 11 is 0. The lowest BCUT2D eigenvalue weighted by atomic mass is 9.77. The Hall–Kier alpha value is -0.330. The second kappa shape index (κ2) is 4.46. The number of Topliss-reactive ketones (excluding diaryl/α,β-unsaturated/α-hetero) is 1. The van der Waals surface area contributed by atoms with Gasteiger partial charge >= 0.3 is 0 Å². The number of carbonyl (C=O) groups excluding carboxylic acids is 1. The van der Waals surface area contributed by atoms with Crippen LogP contribution >= 0.6 is 0 Å². The molecule has 82 valence electrons. The number of carbonyl (C=O) groups is 1. The minimum absolute atomic E-state index is 0.268. The van der Waals surface area contributed by atoms with Crippen LogP contribution in [0.15, 0.2) is 0 Å². The number of ketones is 1. The molecule has 2 unspecified atom stereocenters. The summed E-state index contributed by atoms with van der Waals surface area (Å²) in [6, 6.07) is 0. The molecule has 0 bridgehead atoms. The molecule has 0 aromatic rings. The molecule has 1 rings (SSSR count). The van der Waals surface area contributed by atoms with E-state index in [1.165, 1.54) is 12.8 Å². The number of rotatable bonds is 4. The van der Waals surface area contributed by atoms with Crippen LogP contribution in [-0.4, -0.2) is 5.78 Å². The highest BCUT2D eigenvalue weighted by Crippen LogP contribution is 2.43. The zero-order chi connectivity index (χ0) is 10.8. The molecule has 1 fully saturated rings. The van der Waals surface area contributed by atoms with Gasteiger partial charge in [-0.25, -0.2) is 0 Å². The summed E-state index contributed by atoms with van der Waals surface area (Å²) in [6.07, 6.45) is 5.51. The monoisotopic (exact) mass is 196 g/mol. The average molecular weight is 196 g/mol. The van der Waals surface area contributed by atoms with Crippen LogP contribution in [0.3, 0.4) is 0 Å². The third-order valence-corrected chi connectivity index (χ3v) is 3.89. The zero-order valence-corrected chi connectivity index (χ0v) is 10.1. The van der Waals surface area contributed by atoms with Gasteiger partial charge in [0, 0.05) is 12.3 Å². The molecule has 1 aliphatic carbocycles. The first kappa shape index (κ1) is 11.7. The van der Waals surface area contributed by atoms with E-state index in [0.717, 1.165) is 19.3 Å². The SMILES string of the molecule is CCC(C)CC(=O)C1CCCC1(C)C. The molecule has 1 heteroatoms. The topological polar surface area (TPSA) is 17.1 Å². The van der Waals surface area contributed by atoms with Gasteiger partial charge in [0.15, 0.2) is 0 Å². The summed E-state index contributed by atoms with van der Waals surface area (Å²) in [5.41, 5.74) is 0.268. The summed E-state index contributed by atoms with van der Waals surface area (Å²) in [5.74, 6) is 1.43. The van der Waals surface area contributed by atoms with Crippen LogP contribution in [0, 0.1) is 17.3 Å². The molecule has 0 aromatic carbocycles. The van der Waals surface area contributed by atoms with Crippen molar-refractivity contribution < 1.29 is 4.79 Å². The molecule has 1 nitrogen and oxygen atoms in total. The summed E-state index contributed by atoms with van der Waals surface area (Å²) in [4.78, 5) is 12.0. The van der Waals surface area contributed by atoms with Crippen LogP contribution in [0.25, 0.3) is 0 Å². The van der Waals surface area contributed by atoms with Crippen molar-refractivity contribution in [3.05, 3.63) is 0 Å². The van der Waals surface area contributed by atoms with Crippen LogP contribution in [0.2, 0.25) is 0 Å². The second-order valence-electron chi connectivity index (χ2n) is 5.62. The maximum absolute atomic E-state index is 12.0. The third kappa shape index (κ3) is 2.59. The minimum Gasteiger partial charge on any atom is -0.299 e. The van der Waals surface area contributed by atoms with Crippen molar-refractivity contribution in [2.24, 2.45) is 17.3 Å². The highest BCUT2D eigenvalue weighted by atomic mass is 16.1. The molecule has 1 aliphatic rings. The van der Waals surface area contributed by atoms with Gasteiger partial charge in [-0.1, -0.05) is 40.5 Å². The normalized spacial score (nSPS) is 27.6. The summed E-state index contributed by atoms with van der Waals surface area (Å²) in [6.45, 7) is 8.84. The number of hydrogen-bond donors (Lipinski definition) is 0. The van der Waals surface area contributed by atoms with E-state index in [4.69, 9.17) is 0 Å². The van der Waals surface area contributed by atoms with E-state index in [2.05, 4.69) is 27.7 Å². The summed E-state index contributed by atoms with van der Waals surface area (Å²) in [5, 5.41) is 0. The van der Waals surface area contributed by atoms with Gasteiger partial charge in [0.2, 0.25) is 0 Å². The van der Waals surface area contributed by atoms with Crippen LogP contribution < -0.4 is 0 Å². The van der Waals surface area contributed by atoms with E-state index >= 15 is 0 Å². The fourth-order valence-corrected chi connectivity index (χ4v) is 2.55. The van der Waals surface area contributed by atoms with Crippen molar-refractivity contribution in [1.29, 1.82) is 0 Å². The van der Waals surface area contributed by atoms with Gasteiger partial charge in [-0.3, -0.25) is 4.79 Å². The van der Waals surface area contributed by atoms with Gasteiger partial charge in [0.25, 0.3) is 0 Å². The molecular formula is C13H24O. The number of hydrogen-bond acceptors (Lipinski definition) is 1. The fourth-order valence-electron chi connectivity index (χ4n) is 2.55. The molecule has 0 saturated heterocycles. The van der Waals surface area contributed by atoms with Crippen LogP contribution in [0.5, 0.6) is 0 Å². The summed E-state index contributed by atoms with van der Waals surface area (Å²) < 4.78 is 0. The van der Waals surface area contributed by atoms with Crippen molar-refractivity contribution in [1.82, 2.24) is 0 Å². The minimum atomic E-state index is 0.268. The maximum atomic E-state index is 12.0. The molecule has 0 aromatic heterocycles. The van der Waals surface area contributed by atoms with Crippen LogP contribution in [-0.2, 0) is 4.79 Å². The largest absolute Gasteiger partial charge is 0.299 e. The first-order chi connectivity index (χ1) is 6.47. The second-order valence-corrected chi connectivity index (χ2v) is 5.62. The molecular weight excluding hydrogens is 172 g/mol. The van der Waals surface area contributed by atoms with Crippen molar-refractivity contribution in [3.63, 3.8) is 0 Å². The standard InChI is InChI=1S/C13H24O/c1-5-10(2)9-12(14)11-7-6-8-13(11,3)4/h10-11H,5-9H2,1-4H3. The van der Waals surface area contributed by atoms with Gasteiger partial charge in [0.1, 0.15) is 5.78 Å². The Labute approximate surface area is 88.3 Å².